The Morgan fingerprint density at radius 1 is 1.33 bits per heavy atom. The second-order valence-corrected chi connectivity index (χ2v) is 2.93. The van der Waals surface area contributed by atoms with Gasteiger partial charge < -0.3 is 10.3 Å². The van der Waals surface area contributed by atoms with Crippen molar-refractivity contribution in [2.24, 2.45) is 0 Å². The lowest BCUT2D eigenvalue weighted by atomic mass is 10.3. The summed E-state index contributed by atoms with van der Waals surface area (Å²) >= 11 is 0. The first-order valence-electron chi connectivity index (χ1n) is 4.29. The summed E-state index contributed by atoms with van der Waals surface area (Å²) in [6.45, 7) is 5.29. The van der Waals surface area contributed by atoms with Crippen LogP contribution in [0.1, 0.15) is 17.7 Å². The molecule has 2 N–H and O–H groups in total. The lowest BCUT2D eigenvalue weighted by Gasteiger charge is -1.81. The van der Waals surface area contributed by atoms with Crippen LogP contribution in [0.3, 0.4) is 0 Å². The van der Waals surface area contributed by atoms with Crippen molar-refractivity contribution in [1.29, 1.82) is 0 Å². The number of aromatic amines is 1. The van der Waals surface area contributed by atoms with Crippen LogP contribution in [0.4, 0.5) is 0 Å². The summed E-state index contributed by atoms with van der Waals surface area (Å²) in [6.07, 6.45) is 7.27. The van der Waals surface area contributed by atoms with E-state index in [1.165, 1.54) is 17.7 Å². The van der Waals surface area contributed by atoms with Gasteiger partial charge in [0.2, 0.25) is 0 Å². The summed E-state index contributed by atoms with van der Waals surface area (Å²) in [6, 6.07) is 2.06. The van der Waals surface area contributed by atoms with Gasteiger partial charge >= 0.3 is 0 Å². The van der Waals surface area contributed by atoms with Gasteiger partial charge in [-0.3, -0.25) is 0 Å². The molecule has 0 atom stereocenters. The van der Waals surface area contributed by atoms with Gasteiger partial charge in [-0.15, -0.1) is 0 Å². The normalized spacial score (nSPS) is 13.5. The van der Waals surface area contributed by atoms with E-state index in [0.717, 1.165) is 6.54 Å². The van der Waals surface area contributed by atoms with Crippen LogP contribution in [0.2, 0.25) is 0 Å². The summed E-state index contributed by atoms with van der Waals surface area (Å²) < 4.78 is 0. The fourth-order valence-corrected chi connectivity index (χ4v) is 0.947. The minimum absolute atomic E-state index is 1.14. The van der Waals surface area contributed by atoms with Crippen LogP contribution in [0.5, 0.6) is 0 Å². The average molecular weight is 164 g/mol. The maximum atomic E-state index is 3.07. The third kappa shape index (κ3) is 2.82. The molecule has 0 aromatic carbocycles. The zero-order valence-corrected chi connectivity index (χ0v) is 7.72. The summed E-state index contributed by atoms with van der Waals surface area (Å²) in [5.41, 5.74) is 2.60. The minimum Gasteiger partial charge on any atom is -0.391 e. The van der Waals surface area contributed by atoms with Crippen molar-refractivity contribution in [3.63, 3.8) is 0 Å². The number of hydrogen-bond acceptors (Lipinski definition) is 1. The van der Waals surface area contributed by atoms with Gasteiger partial charge in [0, 0.05) is 18.4 Å². The van der Waals surface area contributed by atoms with E-state index in [2.05, 4.69) is 36.3 Å². The Labute approximate surface area is 73.7 Å². The first-order valence-corrected chi connectivity index (χ1v) is 4.29. The first-order chi connectivity index (χ1) is 5.80. The summed E-state index contributed by atoms with van der Waals surface area (Å²) in [7, 11) is 0. The van der Waals surface area contributed by atoms with Gasteiger partial charge in [0.15, 0.2) is 0 Å². The van der Waals surface area contributed by atoms with Crippen LogP contribution in [0, 0.1) is 13.8 Å². The molecule has 2 heterocycles. The van der Waals surface area contributed by atoms with Crippen molar-refractivity contribution in [2.45, 2.75) is 20.3 Å². The van der Waals surface area contributed by atoms with Gasteiger partial charge in [0.25, 0.3) is 0 Å². The zero-order chi connectivity index (χ0) is 8.81. The van der Waals surface area contributed by atoms with Gasteiger partial charge in [-0.1, -0.05) is 6.08 Å². The van der Waals surface area contributed by atoms with E-state index >= 15 is 0 Å². The molecule has 66 valence electrons. The maximum absolute atomic E-state index is 3.07. The SMILES string of the molecule is C1=CNCC1.Cc1cc[nH]c1C. The van der Waals surface area contributed by atoms with E-state index in [-0.39, 0.29) is 0 Å². The number of aromatic nitrogens is 1. The van der Waals surface area contributed by atoms with Gasteiger partial charge in [-0.2, -0.15) is 0 Å². The van der Waals surface area contributed by atoms with E-state index in [0.29, 0.717) is 0 Å². The van der Waals surface area contributed by atoms with Gasteiger partial charge in [0.05, 0.1) is 0 Å². The van der Waals surface area contributed by atoms with Crippen LogP contribution in [0.15, 0.2) is 24.5 Å². The first kappa shape index (κ1) is 8.91. The van der Waals surface area contributed by atoms with E-state index < -0.39 is 0 Å². The molecule has 1 aliphatic rings. The van der Waals surface area contributed by atoms with E-state index in [1.54, 1.807) is 0 Å². The van der Waals surface area contributed by atoms with Gasteiger partial charge in [0.1, 0.15) is 0 Å². The Morgan fingerprint density at radius 3 is 2.33 bits per heavy atom. The van der Waals surface area contributed by atoms with Crippen molar-refractivity contribution in [1.82, 2.24) is 10.3 Å². The Bertz CT molecular complexity index is 226. The highest BCUT2D eigenvalue weighted by atomic mass is 14.8. The molecule has 0 aliphatic carbocycles. The molecular formula is C10H16N2. The molecule has 0 fully saturated rings. The minimum atomic E-state index is 1.14. The molecule has 2 nitrogen and oxygen atoms in total. The highest BCUT2D eigenvalue weighted by molar-refractivity contribution is 5.15. The molecule has 0 spiro atoms. The van der Waals surface area contributed by atoms with Crippen molar-refractivity contribution in [2.75, 3.05) is 6.54 Å². The van der Waals surface area contributed by atoms with Crippen molar-refractivity contribution >= 4 is 0 Å². The lowest BCUT2D eigenvalue weighted by Crippen LogP contribution is -1.96. The lowest BCUT2D eigenvalue weighted by molar-refractivity contribution is 0.917. The Morgan fingerprint density at radius 2 is 2.17 bits per heavy atom. The third-order valence-corrected chi connectivity index (χ3v) is 1.92. The molecule has 0 unspecified atom stereocenters. The number of aryl methyl sites for hydroxylation is 2. The molecule has 1 aromatic rings. The van der Waals surface area contributed by atoms with Crippen molar-refractivity contribution < 1.29 is 0 Å². The monoisotopic (exact) mass is 164 g/mol. The maximum Gasteiger partial charge on any atom is 0.0176 e. The van der Waals surface area contributed by atoms with Gasteiger partial charge in [-0.05, 0) is 38.1 Å². The highest BCUT2D eigenvalue weighted by Crippen LogP contribution is 1.99. The van der Waals surface area contributed by atoms with Crippen LogP contribution >= 0.6 is 0 Å². The van der Waals surface area contributed by atoms with E-state index in [9.17, 15) is 0 Å². The summed E-state index contributed by atoms with van der Waals surface area (Å²) in [4.78, 5) is 3.07. The molecule has 0 saturated heterocycles. The van der Waals surface area contributed by atoms with E-state index in [1.807, 2.05) is 12.4 Å². The Balaban J connectivity index is 0.000000127. The molecule has 0 bridgehead atoms. The zero-order valence-electron chi connectivity index (χ0n) is 7.72. The molecule has 0 radical (unpaired) electrons. The number of H-pyrrole nitrogens is 1. The molecule has 0 saturated carbocycles. The van der Waals surface area contributed by atoms with Crippen LogP contribution in [-0.4, -0.2) is 11.5 Å². The fourth-order valence-electron chi connectivity index (χ4n) is 0.947. The molecule has 1 aromatic heterocycles. The summed E-state index contributed by atoms with van der Waals surface area (Å²) in [5, 5.41) is 3.04. The second kappa shape index (κ2) is 4.65. The average Bonchev–Trinajstić information content (AvgIpc) is 2.67. The Hall–Kier alpha value is -1.18. The predicted octanol–water partition coefficient (Wildman–Crippen LogP) is 2.12. The highest BCUT2D eigenvalue weighted by Gasteiger charge is 1.85. The number of hydrogen-bond donors (Lipinski definition) is 2. The molecule has 2 rings (SSSR count). The predicted molar refractivity (Wildman–Crippen MR) is 52.0 cm³/mol. The Kier molecular flexibility index (Phi) is 3.45. The second-order valence-electron chi connectivity index (χ2n) is 2.93. The standard InChI is InChI=1S/C6H9N.C4H7N/c1-5-3-4-7-6(5)2;1-2-4-5-3-1/h3-4,7H,1-2H3;1,3,5H,2,4H2. The topological polar surface area (TPSA) is 27.8 Å². The van der Waals surface area contributed by atoms with Crippen LogP contribution in [0.25, 0.3) is 0 Å². The van der Waals surface area contributed by atoms with Gasteiger partial charge in [-0.25, -0.2) is 0 Å². The molecule has 2 heteroatoms. The quantitative estimate of drug-likeness (QED) is 0.604. The number of nitrogens with one attached hydrogen (secondary N) is 2. The number of rotatable bonds is 0. The van der Waals surface area contributed by atoms with Crippen LogP contribution in [-0.2, 0) is 0 Å². The third-order valence-electron chi connectivity index (χ3n) is 1.92. The fraction of sp³-hybridized carbons (Fsp3) is 0.400. The molecule has 12 heavy (non-hydrogen) atoms. The van der Waals surface area contributed by atoms with Crippen molar-refractivity contribution in [3.8, 4) is 0 Å². The largest absolute Gasteiger partial charge is 0.391 e. The van der Waals surface area contributed by atoms with Crippen molar-refractivity contribution in [3.05, 3.63) is 35.8 Å². The smallest absolute Gasteiger partial charge is 0.0176 e. The molecular weight excluding hydrogens is 148 g/mol. The molecule has 0 amide bonds. The van der Waals surface area contributed by atoms with E-state index in [4.69, 9.17) is 0 Å². The summed E-state index contributed by atoms with van der Waals surface area (Å²) in [5.74, 6) is 0. The molecule has 1 aliphatic heterocycles. The van der Waals surface area contributed by atoms with Crippen LogP contribution < -0.4 is 5.32 Å².